The first-order valence-corrected chi connectivity index (χ1v) is 7.81. The van der Waals surface area contributed by atoms with Gasteiger partial charge in [-0.25, -0.2) is 4.98 Å². The number of hydrogen-bond acceptors (Lipinski definition) is 4. The van der Waals surface area contributed by atoms with Gasteiger partial charge in [-0.15, -0.1) is 18.3 Å². The molecule has 0 saturated heterocycles. The molecule has 0 aliphatic heterocycles. The van der Waals surface area contributed by atoms with Gasteiger partial charge in [0, 0.05) is 11.9 Å². The first-order valence-electron chi connectivity index (χ1n) is 6.83. The Morgan fingerprint density at radius 2 is 2.05 bits per heavy atom. The maximum absolute atomic E-state index is 10.00. The van der Waals surface area contributed by atoms with Gasteiger partial charge in [0.25, 0.3) is 0 Å². The van der Waals surface area contributed by atoms with E-state index in [0.717, 1.165) is 22.8 Å². The molecule has 0 radical (unpaired) electrons. The second-order valence-electron chi connectivity index (χ2n) is 4.54. The summed E-state index contributed by atoms with van der Waals surface area (Å²) in [5, 5.41) is 10.9. The number of benzene rings is 1. The summed E-state index contributed by atoms with van der Waals surface area (Å²) in [7, 11) is 0. The molecular weight excluding hydrogens is 282 g/mol. The van der Waals surface area contributed by atoms with E-state index in [1.165, 1.54) is 11.8 Å². The molecule has 0 saturated carbocycles. The van der Waals surface area contributed by atoms with Crippen molar-refractivity contribution in [1.29, 1.82) is 0 Å². The van der Waals surface area contributed by atoms with E-state index in [1.54, 1.807) is 6.20 Å². The molecule has 1 atom stereocenters. The second-order valence-corrected chi connectivity index (χ2v) is 5.58. The number of rotatable bonds is 8. The van der Waals surface area contributed by atoms with Gasteiger partial charge in [-0.2, -0.15) is 0 Å². The lowest BCUT2D eigenvalue weighted by molar-refractivity contribution is 0.126. The van der Waals surface area contributed by atoms with Crippen molar-refractivity contribution in [3.63, 3.8) is 0 Å². The molecule has 21 heavy (non-hydrogen) atoms. The number of hydrogen-bond donors (Lipinski definition) is 1. The highest BCUT2D eigenvalue weighted by molar-refractivity contribution is 7.99. The number of aliphatic hydroxyl groups is 1. The SMILES string of the molecule is C=CCc1ccccc1OCC(O)CSc1ccccn1. The van der Waals surface area contributed by atoms with E-state index >= 15 is 0 Å². The Kier molecular flexibility index (Phi) is 6.31. The molecule has 3 nitrogen and oxygen atoms in total. The average molecular weight is 301 g/mol. The van der Waals surface area contributed by atoms with E-state index in [9.17, 15) is 5.11 Å². The standard InChI is InChI=1S/C17H19NO2S/c1-2-7-14-8-3-4-9-16(14)20-12-15(19)13-21-17-10-5-6-11-18-17/h2-6,8-11,15,19H,1,7,12-13H2. The minimum atomic E-state index is -0.534. The Bertz CT molecular complexity index is 560. The Hall–Kier alpha value is -1.78. The summed E-state index contributed by atoms with van der Waals surface area (Å²) >= 11 is 1.52. The van der Waals surface area contributed by atoms with Crippen molar-refractivity contribution in [3.8, 4) is 5.75 Å². The Morgan fingerprint density at radius 1 is 1.24 bits per heavy atom. The van der Waals surface area contributed by atoms with Crippen LogP contribution >= 0.6 is 11.8 Å². The number of aliphatic hydroxyl groups excluding tert-OH is 1. The van der Waals surface area contributed by atoms with Gasteiger partial charge in [0.1, 0.15) is 12.4 Å². The smallest absolute Gasteiger partial charge is 0.122 e. The van der Waals surface area contributed by atoms with Crippen molar-refractivity contribution in [2.24, 2.45) is 0 Å². The molecule has 1 unspecified atom stereocenters. The fraction of sp³-hybridized carbons (Fsp3) is 0.235. The summed E-state index contributed by atoms with van der Waals surface area (Å²) in [6.45, 7) is 4.01. The highest BCUT2D eigenvalue weighted by Gasteiger charge is 2.08. The first-order chi connectivity index (χ1) is 10.3. The van der Waals surface area contributed by atoms with Crippen molar-refractivity contribution < 1.29 is 9.84 Å². The maximum atomic E-state index is 10.00. The van der Waals surface area contributed by atoms with Crippen molar-refractivity contribution in [2.45, 2.75) is 17.6 Å². The van der Waals surface area contributed by atoms with Gasteiger partial charge in [0.15, 0.2) is 0 Å². The third kappa shape index (κ3) is 5.25. The molecule has 2 rings (SSSR count). The number of para-hydroxylation sites is 1. The quantitative estimate of drug-likeness (QED) is 0.600. The van der Waals surface area contributed by atoms with Gasteiger partial charge < -0.3 is 9.84 Å². The third-order valence-electron chi connectivity index (χ3n) is 2.83. The lowest BCUT2D eigenvalue weighted by atomic mass is 10.1. The summed E-state index contributed by atoms with van der Waals surface area (Å²) < 4.78 is 5.71. The van der Waals surface area contributed by atoms with Crippen LogP contribution in [0.4, 0.5) is 0 Å². The molecule has 110 valence electrons. The van der Waals surface area contributed by atoms with Gasteiger partial charge in [0.2, 0.25) is 0 Å². The minimum absolute atomic E-state index is 0.272. The zero-order valence-electron chi connectivity index (χ0n) is 11.8. The summed E-state index contributed by atoms with van der Waals surface area (Å²) in [5.41, 5.74) is 1.08. The Labute approximate surface area is 129 Å². The zero-order chi connectivity index (χ0) is 14.9. The Balaban J connectivity index is 1.81. The molecule has 2 aromatic rings. The molecule has 0 fully saturated rings. The summed E-state index contributed by atoms with van der Waals surface area (Å²) in [4.78, 5) is 4.21. The van der Waals surface area contributed by atoms with Crippen molar-refractivity contribution in [2.75, 3.05) is 12.4 Å². The number of nitrogens with zero attached hydrogens (tertiary/aromatic N) is 1. The third-order valence-corrected chi connectivity index (χ3v) is 3.92. The number of allylic oxidation sites excluding steroid dienone is 1. The molecule has 0 bridgehead atoms. The zero-order valence-corrected chi connectivity index (χ0v) is 12.6. The molecule has 0 aliphatic carbocycles. The van der Waals surface area contributed by atoms with Crippen LogP contribution in [0.15, 0.2) is 66.3 Å². The molecule has 0 amide bonds. The topological polar surface area (TPSA) is 42.4 Å². The van der Waals surface area contributed by atoms with Crippen LogP contribution < -0.4 is 4.74 Å². The van der Waals surface area contributed by atoms with Crippen molar-refractivity contribution in [1.82, 2.24) is 4.98 Å². The van der Waals surface area contributed by atoms with Crippen LogP contribution in [0.2, 0.25) is 0 Å². The number of pyridine rings is 1. The largest absolute Gasteiger partial charge is 0.491 e. The molecule has 1 aromatic carbocycles. The van der Waals surface area contributed by atoms with Crippen LogP contribution in [0.5, 0.6) is 5.75 Å². The highest BCUT2D eigenvalue weighted by atomic mass is 32.2. The van der Waals surface area contributed by atoms with Gasteiger partial charge in [0.05, 0.1) is 11.1 Å². The summed E-state index contributed by atoms with van der Waals surface area (Å²) in [6.07, 6.45) is 3.81. The van der Waals surface area contributed by atoms with Crippen LogP contribution in [-0.2, 0) is 6.42 Å². The van der Waals surface area contributed by atoms with Gasteiger partial charge in [-0.3, -0.25) is 0 Å². The molecule has 4 heteroatoms. The first kappa shape index (κ1) is 15.6. The van der Waals surface area contributed by atoms with E-state index in [2.05, 4.69) is 11.6 Å². The molecule has 1 aromatic heterocycles. The average Bonchev–Trinajstić information content (AvgIpc) is 2.53. The van der Waals surface area contributed by atoms with Crippen molar-refractivity contribution >= 4 is 11.8 Å². The van der Waals surface area contributed by atoms with Gasteiger partial charge in [-0.05, 0) is 30.2 Å². The maximum Gasteiger partial charge on any atom is 0.122 e. The normalized spacial score (nSPS) is 11.9. The number of aromatic nitrogens is 1. The molecular formula is C17H19NO2S. The fourth-order valence-electron chi connectivity index (χ4n) is 1.82. The van der Waals surface area contributed by atoms with Crippen LogP contribution in [0.3, 0.4) is 0 Å². The predicted molar refractivity (Wildman–Crippen MR) is 86.8 cm³/mol. The van der Waals surface area contributed by atoms with Crippen LogP contribution in [0, 0.1) is 0 Å². The Morgan fingerprint density at radius 3 is 2.81 bits per heavy atom. The van der Waals surface area contributed by atoms with Gasteiger partial charge >= 0.3 is 0 Å². The van der Waals surface area contributed by atoms with Crippen LogP contribution in [0.1, 0.15) is 5.56 Å². The summed E-state index contributed by atoms with van der Waals surface area (Å²) in [6, 6.07) is 13.6. The van der Waals surface area contributed by atoms with Crippen LogP contribution in [0.25, 0.3) is 0 Å². The van der Waals surface area contributed by atoms with Crippen LogP contribution in [-0.4, -0.2) is 28.6 Å². The highest BCUT2D eigenvalue weighted by Crippen LogP contribution is 2.20. The lowest BCUT2D eigenvalue weighted by Gasteiger charge is -2.14. The molecule has 1 heterocycles. The number of ether oxygens (including phenoxy) is 1. The predicted octanol–water partition coefficient (Wildman–Crippen LogP) is 3.34. The molecule has 1 N–H and O–H groups in total. The number of thioether (sulfide) groups is 1. The lowest BCUT2D eigenvalue weighted by Crippen LogP contribution is -2.20. The van der Waals surface area contributed by atoms with E-state index < -0.39 is 6.10 Å². The van der Waals surface area contributed by atoms with E-state index in [4.69, 9.17) is 4.74 Å². The van der Waals surface area contributed by atoms with Gasteiger partial charge in [-0.1, -0.05) is 30.3 Å². The summed E-state index contributed by atoms with van der Waals surface area (Å²) in [5.74, 6) is 1.36. The fourth-order valence-corrected chi connectivity index (χ4v) is 2.59. The second kappa shape index (κ2) is 8.49. The van der Waals surface area contributed by atoms with E-state index in [0.29, 0.717) is 5.75 Å². The minimum Gasteiger partial charge on any atom is -0.491 e. The molecule has 0 aliphatic rings. The van der Waals surface area contributed by atoms with E-state index in [1.807, 2.05) is 48.5 Å². The van der Waals surface area contributed by atoms with E-state index in [-0.39, 0.29) is 6.61 Å². The molecule has 0 spiro atoms. The van der Waals surface area contributed by atoms with Crippen molar-refractivity contribution in [3.05, 3.63) is 66.9 Å². The monoisotopic (exact) mass is 301 g/mol.